The Balaban J connectivity index is 2.31. The highest BCUT2D eigenvalue weighted by molar-refractivity contribution is 5.78. The van der Waals surface area contributed by atoms with Crippen LogP contribution in [0.4, 0.5) is 0 Å². The van der Waals surface area contributed by atoms with Crippen molar-refractivity contribution in [2.75, 3.05) is 0 Å². The van der Waals surface area contributed by atoms with Gasteiger partial charge in [0.25, 0.3) is 0 Å². The molecule has 0 aromatic carbocycles. The van der Waals surface area contributed by atoms with Crippen molar-refractivity contribution in [2.45, 2.75) is 52.1 Å². The lowest BCUT2D eigenvalue weighted by Crippen LogP contribution is -2.32. The highest BCUT2D eigenvalue weighted by Gasteiger charge is 2.17. The molecule has 18 heavy (non-hydrogen) atoms. The van der Waals surface area contributed by atoms with Gasteiger partial charge in [0.2, 0.25) is 5.91 Å². The first kappa shape index (κ1) is 14.6. The van der Waals surface area contributed by atoms with Gasteiger partial charge >= 0.3 is 0 Å². The highest BCUT2D eigenvalue weighted by atomic mass is 16.1. The second kappa shape index (κ2) is 7.10. The van der Waals surface area contributed by atoms with Gasteiger partial charge in [-0.25, -0.2) is 4.98 Å². The molecule has 0 radical (unpaired) electrons. The van der Waals surface area contributed by atoms with E-state index in [2.05, 4.69) is 20.5 Å². The SMILES string of the molecule is CC(N)CCCC(C)C(=O)NC(C)c1ncn[nH]1. The molecule has 0 saturated carbocycles. The number of rotatable bonds is 7. The summed E-state index contributed by atoms with van der Waals surface area (Å²) in [5, 5.41) is 9.43. The average Bonchev–Trinajstić information content (AvgIpc) is 2.81. The summed E-state index contributed by atoms with van der Waals surface area (Å²) in [5.41, 5.74) is 5.68. The van der Waals surface area contributed by atoms with Gasteiger partial charge in [-0.2, -0.15) is 5.10 Å². The fraction of sp³-hybridized carbons (Fsp3) is 0.750. The van der Waals surface area contributed by atoms with E-state index in [1.165, 1.54) is 6.33 Å². The van der Waals surface area contributed by atoms with Crippen molar-refractivity contribution in [3.63, 3.8) is 0 Å². The Bertz CT molecular complexity index is 349. The van der Waals surface area contributed by atoms with Crippen LogP contribution in [0.3, 0.4) is 0 Å². The summed E-state index contributed by atoms with van der Waals surface area (Å²) >= 11 is 0. The molecule has 3 unspecified atom stereocenters. The molecule has 1 aromatic heterocycles. The zero-order valence-electron chi connectivity index (χ0n) is 11.3. The lowest BCUT2D eigenvalue weighted by atomic mass is 10.0. The fourth-order valence-corrected chi connectivity index (χ4v) is 1.72. The minimum Gasteiger partial charge on any atom is -0.346 e. The number of nitrogens with one attached hydrogen (secondary N) is 2. The van der Waals surface area contributed by atoms with E-state index in [0.29, 0.717) is 5.82 Å². The Morgan fingerprint density at radius 2 is 2.17 bits per heavy atom. The largest absolute Gasteiger partial charge is 0.346 e. The van der Waals surface area contributed by atoms with Gasteiger partial charge in [0, 0.05) is 12.0 Å². The number of aromatic nitrogens is 3. The summed E-state index contributed by atoms with van der Waals surface area (Å²) in [5.74, 6) is 0.712. The molecule has 6 heteroatoms. The Morgan fingerprint density at radius 1 is 1.44 bits per heavy atom. The fourth-order valence-electron chi connectivity index (χ4n) is 1.72. The molecule has 102 valence electrons. The molecule has 1 amide bonds. The molecule has 0 spiro atoms. The maximum atomic E-state index is 11.9. The minimum absolute atomic E-state index is 0.00544. The van der Waals surface area contributed by atoms with Gasteiger partial charge < -0.3 is 11.1 Å². The monoisotopic (exact) mass is 253 g/mol. The number of H-pyrrole nitrogens is 1. The van der Waals surface area contributed by atoms with Crippen molar-refractivity contribution < 1.29 is 4.79 Å². The summed E-state index contributed by atoms with van der Waals surface area (Å²) in [6, 6.07) is 0.0595. The summed E-state index contributed by atoms with van der Waals surface area (Å²) in [6.45, 7) is 5.80. The number of carbonyl (C=O) groups excluding carboxylic acids is 1. The van der Waals surface area contributed by atoms with Gasteiger partial charge in [-0.1, -0.05) is 13.3 Å². The molecule has 1 aromatic rings. The van der Waals surface area contributed by atoms with Gasteiger partial charge in [0.1, 0.15) is 12.2 Å². The van der Waals surface area contributed by atoms with Crippen LogP contribution in [0.1, 0.15) is 51.9 Å². The van der Waals surface area contributed by atoms with Crippen LogP contribution in [-0.4, -0.2) is 27.1 Å². The third kappa shape index (κ3) is 4.83. The maximum Gasteiger partial charge on any atom is 0.223 e. The first-order valence-electron chi connectivity index (χ1n) is 6.42. The summed E-state index contributed by atoms with van der Waals surface area (Å²) in [7, 11) is 0. The van der Waals surface area contributed by atoms with Crippen molar-refractivity contribution in [3.8, 4) is 0 Å². The lowest BCUT2D eigenvalue weighted by Gasteiger charge is -2.16. The summed E-state index contributed by atoms with van der Waals surface area (Å²) in [6.07, 6.45) is 4.22. The molecule has 3 atom stereocenters. The number of amides is 1. The van der Waals surface area contributed by atoms with Gasteiger partial charge in [0.15, 0.2) is 0 Å². The van der Waals surface area contributed by atoms with Crippen LogP contribution < -0.4 is 11.1 Å². The summed E-state index contributed by atoms with van der Waals surface area (Å²) in [4.78, 5) is 15.9. The van der Waals surface area contributed by atoms with Crippen molar-refractivity contribution >= 4 is 5.91 Å². The van der Waals surface area contributed by atoms with Crippen LogP contribution in [0, 0.1) is 5.92 Å². The number of aromatic amines is 1. The molecular weight excluding hydrogens is 230 g/mol. The van der Waals surface area contributed by atoms with E-state index in [1.807, 2.05) is 20.8 Å². The third-order valence-corrected chi connectivity index (χ3v) is 2.95. The van der Waals surface area contributed by atoms with Gasteiger partial charge in [-0.15, -0.1) is 0 Å². The Morgan fingerprint density at radius 3 is 2.72 bits per heavy atom. The first-order chi connectivity index (χ1) is 8.50. The number of hydrogen-bond donors (Lipinski definition) is 3. The number of carbonyl (C=O) groups is 1. The predicted octanol–water partition coefficient (Wildman–Crippen LogP) is 1.14. The standard InChI is InChI=1S/C12H23N5O/c1-8(5-4-6-9(2)13)12(18)16-10(3)11-14-7-15-17-11/h7-10H,4-6,13H2,1-3H3,(H,16,18)(H,14,15,17). The van der Waals surface area contributed by atoms with Crippen molar-refractivity contribution in [3.05, 3.63) is 12.2 Å². The van der Waals surface area contributed by atoms with Crippen LogP contribution in [0.2, 0.25) is 0 Å². The van der Waals surface area contributed by atoms with E-state index in [-0.39, 0.29) is 23.9 Å². The smallest absolute Gasteiger partial charge is 0.223 e. The molecule has 0 aliphatic heterocycles. The molecule has 0 bridgehead atoms. The zero-order chi connectivity index (χ0) is 13.5. The topological polar surface area (TPSA) is 96.7 Å². The maximum absolute atomic E-state index is 11.9. The van der Waals surface area contributed by atoms with E-state index in [4.69, 9.17) is 5.73 Å². The van der Waals surface area contributed by atoms with Crippen molar-refractivity contribution in [2.24, 2.45) is 11.7 Å². The van der Waals surface area contributed by atoms with Gasteiger partial charge in [0.05, 0.1) is 6.04 Å². The predicted molar refractivity (Wildman–Crippen MR) is 69.6 cm³/mol. The Kier molecular flexibility index (Phi) is 5.77. The van der Waals surface area contributed by atoms with E-state index >= 15 is 0 Å². The molecule has 0 saturated heterocycles. The molecule has 1 heterocycles. The van der Waals surface area contributed by atoms with Crippen LogP contribution >= 0.6 is 0 Å². The average molecular weight is 253 g/mol. The van der Waals surface area contributed by atoms with Crippen molar-refractivity contribution in [1.29, 1.82) is 0 Å². The molecule has 0 fully saturated rings. The third-order valence-electron chi connectivity index (χ3n) is 2.95. The second-order valence-electron chi connectivity index (χ2n) is 4.91. The van der Waals surface area contributed by atoms with Crippen molar-refractivity contribution in [1.82, 2.24) is 20.5 Å². The van der Waals surface area contributed by atoms with E-state index in [9.17, 15) is 4.79 Å². The molecule has 1 rings (SSSR count). The lowest BCUT2D eigenvalue weighted by molar-refractivity contribution is -0.125. The highest BCUT2D eigenvalue weighted by Crippen LogP contribution is 2.12. The van der Waals surface area contributed by atoms with Gasteiger partial charge in [-0.3, -0.25) is 9.89 Å². The first-order valence-corrected chi connectivity index (χ1v) is 6.42. The van der Waals surface area contributed by atoms with Crippen LogP contribution in [0.25, 0.3) is 0 Å². The number of hydrogen-bond acceptors (Lipinski definition) is 4. The number of nitrogens with two attached hydrogens (primary N) is 1. The normalized spacial score (nSPS) is 16.0. The Labute approximate surface area is 108 Å². The molecule has 0 aliphatic rings. The molecule has 6 nitrogen and oxygen atoms in total. The molecular formula is C12H23N5O. The van der Waals surface area contributed by atoms with Crippen LogP contribution in [0.15, 0.2) is 6.33 Å². The van der Waals surface area contributed by atoms with E-state index in [0.717, 1.165) is 19.3 Å². The molecule has 0 aliphatic carbocycles. The summed E-state index contributed by atoms with van der Waals surface area (Å²) < 4.78 is 0. The van der Waals surface area contributed by atoms with Crippen LogP contribution in [-0.2, 0) is 4.79 Å². The number of nitrogens with zero attached hydrogens (tertiary/aromatic N) is 2. The zero-order valence-corrected chi connectivity index (χ0v) is 11.3. The van der Waals surface area contributed by atoms with E-state index < -0.39 is 0 Å². The van der Waals surface area contributed by atoms with E-state index in [1.54, 1.807) is 0 Å². The molecule has 4 N–H and O–H groups in total. The van der Waals surface area contributed by atoms with Crippen LogP contribution in [0.5, 0.6) is 0 Å². The second-order valence-corrected chi connectivity index (χ2v) is 4.91. The quantitative estimate of drug-likeness (QED) is 0.678. The minimum atomic E-state index is -0.143. The Hall–Kier alpha value is -1.43. The van der Waals surface area contributed by atoms with Gasteiger partial charge in [-0.05, 0) is 26.7 Å².